The summed E-state index contributed by atoms with van der Waals surface area (Å²) < 4.78 is 0. The number of aromatic nitrogens is 2. The molecule has 3 aliphatic heterocycles. The van der Waals surface area contributed by atoms with E-state index in [0.717, 1.165) is 95.5 Å². The van der Waals surface area contributed by atoms with Gasteiger partial charge < -0.3 is 19.6 Å². The van der Waals surface area contributed by atoms with Crippen LogP contribution in [0.25, 0.3) is 0 Å². The fourth-order valence-corrected chi connectivity index (χ4v) is 4.66. The minimum absolute atomic E-state index is 0.182. The van der Waals surface area contributed by atoms with Gasteiger partial charge in [0.15, 0.2) is 5.82 Å². The molecule has 0 bridgehead atoms. The summed E-state index contributed by atoms with van der Waals surface area (Å²) in [7, 11) is 2.17. The zero-order valence-corrected chi connectivity index (χ0v) is 17.4. The summed E-state index contributed by atoms with van der Waals surface area (Å²) >= 11 is 0. The molecule has 0 aromatic carbocycles. The Balaban J connectivity index is 1.37. The number of carbonyl (C=O) groups is 1. The van der Waals surface area contributed by atoms with Gasteiger partial charge in [-0.25, -0.2) is 9.97 Å². The number of anilines is 2. The van der Waals surface area contributed by atoms with E-state index in [1.165, 1.54) is 0 Å². The largest absolute Gasteiger partial charge is 0.367 e. The molecule has 4 rings (SSSR count). The van der Waals surface area contributed by atoms with E-state index in [-0.39, 0.29) is 5.92 Å². The molecule has 0 spiro atoms. The number of piperazine rings is 1. The first kappa shape index (κ1) is 19.4. The highest BCUT2D eigenvalue weighted by atomic mass is 16.2. The van der Waals surface area contributed by atoms with Crippen LogP contribution in [-0.4, -0.2) is 85.1 Å². The Kier molecular flexibility index (Phi) is 5.99. The topological polar surface area (TPSA) is 55.8 Å². The molecule has 0 radical (unpaired) electrons. The zero-order valence-electron chi connectivity index (χ0n) is 17.4. The van der Waals surface area contributed by atoms with Crippen molar-refractivity contribution in [3.05, 3.63) is 12.5 Å². The number of piperidine rings is 2. The van der Waals surface area contributed by atoms with Crippen LogP contribution in [-0.2, 0) is 4.79 Å². The van der Waals surface area contributed by atoms with Crippen LogP contribution in [0, 0.1) is 11.8 Å². The third-order valence-electron chi connectivity index (χ3n) is 6.76. The highest BCUT2D eigenvalue weighted by Gasteiger charge is 2.31. The van der Waals surface area contributed by atoms with E-state index in [9.17, 15) is 4.79 Å². The first-order valence-corrected chi connectivity index (χ1v) is 10.9. The van der Waals surface area contributed by atoms with Gasteiger partial charge in [-0.2, -0.15) is 0 Å². The van der Waals surface area contributed by atoms with Crippen molar-refractivity contribution in [2.45, 2.75) is 32.6 Å². The number of likely N-dealkylation sites (tertiary alicyclic amines) is 1. The second kappa shape index (κ2) is 8.64. The molecule has 0 aliphatic carbocycles. The van der Waals surface area contributed by atoms with Gasteiger partial charge in [0.2, 0.25) is 5.91 Å². The maximum Gasteiger partial charge on any atom is 0.225 e. The Morgan fingerprint density at radius 2 is 1.61 bits per heavy atom. The highest BCUT2D eigenvalue weighted by Crippen LogP contribution is 2.31. The van der Waals surface area contributed by atoms with E-state index >= 15 is 0 Å². The summed E-state index contributed by atoms with van der Waals surface area (Å²) in [4.78, 5) is 31.1. The molecule has 3 aliphatic rings. The van der Waals surface area contributed by atoms with Gasteiger partial charge in [-0.1, -0.05) is 6.92 Å². The quantitative estimate of drug-likeness (QED) is 0.788. The van der Waals surface area contributed by atoms with Gasteiger partial charge in [0.25, 0.3) is 0 Å². The van der Waals surface area contributed by atoms with Crippen LogP contribution in [0.1, 0.15) is 32.6 Å². The third kappa shape index (κ3) is 4.24. The Morgan fingerprint density at radius 3 is 2.29 bits per heavy atom. The molecule has 1 amide bonds. The van der Waals surface area contributed by atoms with E-state index < -0.39 is 0 Å². The predicted octanol–water partition coefficient (Wildman–Crippen LogP) is 1.70. The first-order valence-electron chi connectivity index (χ1n) is 10.9. The van der Waals surface area contributed by atoms with Crippen molar-refractivity contribution in [3.8, 4) is 0 Å². The Labute approximate surface area is 168 Å². The number of carbonyl (C=O) groups excluding carboxylic acids is 1. The minimum Gasteiger partial charge on any atom is -0.367 e. The molecule has 154 valence electrons. The zero-order chi connectivity index (χ0) is 19.5. The summed E-state index contributed by atoms with van der Waals surface area (Å²) in [6, 6.07) is 0. The lowest BCUT2D eigenvalue weighted by Crippen LogP contribution is -2.47. The standard InChI is InChI=1S/C21H34N6O/c1-17-3-7-27(8-4-17)21(28)18-5-9-25(10-6-18)19-15-22-16-23-20(19)26-13-11-24(2)12-14-26/h15-18H,3-14H2,1-2H3. The highest BCUT2D eigenvalue weighted by molar-refractivity contribution is 5.79. The van der Waals surface area contributed by atoms with Crippen molar-refractivity contribution < 1.29 is 4.79 Å². The van der Waals surface area contributed by atoms with E-state index in [0.29, 0.717) is 5.91 Å². The summed E-state index contributed by atoms with van der Waals surface area (Å²) in [5, 5.41) is 0. The number of amides is 1. The monoisotopic (exact) mass is 386 g/mol. The van der Waals surface area contributed by atoms with Gasteiger partial charge in [-0.15, -0.1) is 0 Å². The lowest BCUT2D eigenvalue weighted by Gasteiger charge is -2.39. The molecule has 3 fully saturated rings. The SMILES string of the molecule is CC1CCN(C(=O)C2CCN(c3cncnc3N3CCN(C)CC3)CC2)CC1. The number of hydrogen-bond acceptors (Lipinski definition) is 6. The van der Waals surface area contributed by atoms with Crippen molar-refractivity contribution >= 4 is 17.4 Å². The molecule has 4 heterocycles. The summed E-state index contributed by atoms with van der Waals surface area (Å²) in [6.45, 7) is 10.1. The fraction of sp³-hybridized carbons (Fsp3) is 0.762. The summed E-state index contributed by atoms with van der Waals surface area (Å²) in [6.07, 6.45) is 7.78. The average molecular weight is 387 g/mol. The second-order valence-electron chi connectivity index (χ2n) is 8.79. The molecule has 7 nitrogen and oxygen atoms in total. The molecule has 28 heavy (non-hydrogen) atoms. The lowest BCUT2D eigenvalue weighted by molar-refractivity contribution is -0.137. The maximum absolute atomic E-state index is 12.9. The van der Waals surface area contributed by atoms with E-state index in [1.54, 1.807) is 6.33 Å². The van der Waals surface area contributed by atoms with Crippen molar-refractivity contribution in [2.24, 2.45) is 11.8 Å². The van der Waals surface area contributed by atoms with Crippen LogP contribution in [0.4, 0.5) is 11.5 Å². The lowest BCUT2D eigenvalue weighted by atomic mass is 9.92. The second-order valence-corrected chi connectivity index (χ2v) is 8.79. The van der Waals surface area contributed by atoms with Crippen molar-refractivity contribution in [3.63, 3.8) is 0 Å². The van der Waals surface area contributed by atoms with Crippen molar-refractivity contribution in [2.75, 3.05) is 69.2 Å². The average Bonchev–Trinajstić information content (AvgIpc) is 2.74. The third-order valence-corrected chi connectivity index (χ3v) is 6.76. The number of nitrogens with zero attached hydrogens (tertiary/aromatic N) is 6. The molecule has 1 aromatic heterocycles. The van der Waals surface area contributed by atoms with Crippen molar-refractivity contribution in [1.82, 2.24) is 19.8 Å². The number of likely N-dealkylation sites (N-methyl/N-ethyl adjacent to an activating group) is 1. The fourth-order valence-electron chi connectivity index (χ4n) is 4.66. The first-order chi connectivity index (χ1) is 13.6. The Hall–Kier alpha value is -1.89. The van der Waals surface area contributed by atoms with Gasteiger partial charge in [0.1, 0.15) is 6.33 Å². The predicted molar refractivity (Wildman–Crippen MR) is 112 cm³/mol. The van der Waals surface area contributed by atoms with Crippen LogP contribution in [0.2, 0.25) is 0 Å². The molecule has 7 heteroatoms. The van der Waals surface area contributed by atoms with Crippen LogP contribution in [0.15, 0.2) is 12.5 Å². The molecular formula is C21H34N6O. The normalized spacial score (nSPS) is 23.3. The molecule has 0 N–H and O–H groups in total. The number of hydrogen-bond donors (Lipinski definition) is 0. The van der Waals surface area contributed by atoms with Gasteiger partial charge in [0, 0.05) is 58.3 Å². The molecule has 0 unspecified atom stereocenters. The van der Waals surface area contributed by atoms with Crippen molar-refractivity contribution in [1.29, 1.82) is 0 Å². The molecule has 1 aromatic rings. The van der Waals surface area contributed by atoms with Gasteiger partial charge in [-0.05, 0) is 38.6 Å². The van der Waals surface area contributed by atoms with Gasteiger partial charge in [-0.3, -0.25) is 4.79 Å². The van der Waals surface area contributed by atoms with E-state index in [1.807, 2.05) is 6.20 Å². The van der Waals surface area contributed by atoms with Crippen LogP contribution in [0.3, 0.4) is 0 Å². The minimum atomic E-state index is 0.182. The molecule has 0 atom stereocenters. The molecule has 3 saturated heterocycles. The summed E-state index contributed by atoms with van der Waals surface area (Å²) in [5.74, 6) is 2.38. The van der Waals surface area contributed by atoms with Crippen LogP contribution in [0.5, 0.6) is 0 Å². The van der Waals surface area contributed by atoms with Crippen LogP contribution < -0.4 is 9.80 Å². The van der Waals surface area contributed by atoms with E-state index in [4.69, 9.17) is 0 Å². The Morgan fingerprint density at radius 1 is 0.929 bits per heavy atom. The van der Waals surface area contributed by atoms with Gasteiger partial charge in [0.05, 0.1) is 11.9 Å². The summed E-state index contributed by atoms with van der Waals surface area (Å²) in [5.41, 5.74) is 1.13. The van der Waals surface area contributed by atoms with Crippen LogP contribution >= 0.6 is 0 Å². The Bertz CT molecular complexity index is 659. The maximum atomic E-state index is 12.9. The van der Waals surface area contributed by atoms with E-state index in [2.05, 4.69) is 43.5 Å². The number of rotatable bonds is 3. The molecular weight excluding hydrogens is 352 g/mol. The smallest absolute Gasteiger partial charge is 0.225 e. The van der Waals surface area contributed by atoms with Gasteiger partial charge >= 0.3 is 0 Å². The molecule has 0 saturated carbocycles.